The van der Waals surface area contributed by atoms with Crippen LogP contribution in [-0.4, -0.2) is 37.7 Å². The smallest absolute Gasteiger partial charge is 0.315 e. The molecule has 0 heterocycles. The molecular formula is C8H17NO2S. The molecule has 0 bridgehead atoms. The van der Waals surface area contributed by atoms with Crippen molar-refractivity contribution in [3.63, 3.8) is 0 Å². The van der Waals surface area contributed by atoms with E-state index in [1.54, 1.807) is 11.8 Å². The van der Waals surface area contributed by atoms with E-state index in [2.05, 4.69) is 5.32 Å². The largest absolute Gasteiger partial charge is 0.465 e. The first-order valence-electron chi connectivity index (χ1n) is 4.19. The summed E-state index contributed by atoms with van der Waals surface area (Å²) in [7, 11) is 1.93. The van der Waals surface area contributed by atoms with Crippen molar-refractivity contribution >= 4 is 17.7 Å². The van der Waals surface area contributed by atoms with Gasteiger partial charge in [0.25, 0.3) is 0 Å². The lowest BCUT2D eigenvalue weighted by Crippen LogP contribution is -2.10. The first-order chi connectivity index (χ1) is 5.81. The Morgan fingerprint density at radius 3 is 2.92 bits per heavy atom. The van der Waals surface area contributed by atoms with Crippen LogP contribution in [0.2, 0.25) is 0 Å². The van der Waals surface area contributed by atoms with Gasteiger partial charge in [0.15, 0.2) is 0 Å². The van der Waals surface area contributed by atoms with Crippen LogP contribution in [0.1, 0.15) is 13.3 Å². The van der Waals surface area contributed by atoms with Crippen molar-refractivity contribution in [1.82, 2.24) is 5.32 Å². The quantitative estimate of drug-likeness (QED) is 0.479. The highest BCUT2D eigenvalue weighted by atomic mass is 32.2. The van der Waals surface area contributed by atoms with Gasteiger partial charge in [0.1, 0.15) is 0 Å². The van der Waals surface area contributed by atoms with Crippen molar-refractivity contribution in [3.8, 4) is 0 Å². The summed E-state index contributed by atoms with van der Waals surface area (Å²) in [5.41, 5.74) is 0. The summed E-state index contributed by atoms with van der Waals surface area (Å²) in [5.74, 6) is 1.39. The second-order valence-electron chi connectivity index (χ2n) is 2.31. The molecular weight excluding hydrogens is 174 g/mol. The second kappa shape index (κ2) is 8.87. The summed E-state index contributed by atoms with van der Waals surface area (Å²) in [6.45, 7) is 3.31. The van der Waals surface area contributed by atoms with Crippen LogP contribution < -0.4 is 5.32 Å². The molecule has 0 aromatic rings. The topological polar surface area (TPSA) is 38.3 Å². The monoisotopic (exact) mass is 191 g/mol. The molecule has 4 heteroatoms. The van der Waals surface area contributed by atoms with E-state index in [4.69, 9.17) is 4.74 Å². The Kier molecular flexibility index (Phi) is 8.71. The number of ether oxygens (including phenoxy) is 1. The van der Waals surface area contributed by atoms with E-state index < -0.39 is 0 Å². The maximum atomic E-state index is 10.8. The van der Waals surface area contributed by atoms with Crippen molar-refractivity contribution in [2.75, 3.05) is 31.7 Å². The number of carbonyl (C=O) groups is 1. The molecule has 1 N–H and O–H groups in total. The van der Waals surface area contributed by atoms with Gasteiger partial charge in [-0.1, -0.05) is 0 Å². The molecule has 0 amide bonds. The number of hydrogen-bond donors (Lipinski definition) is 1. The maximum absolute atomic E-state index is 10.8. The van der Waals surface area contributed by atoms with Gasteiger partial charge in [-0.15, -0.1) is 0 Å². The SMILES string of the molecule is CCOC(=O)CSCCCNC. The van der Waals surface area contributed by atoms with Crippen LogP contribution in [0.25, 0.3) is 0 Å². The normalized spacial score (nSPS) is 9.83. The second-order valence-corrected chi connectivity index (χ2v) is 3.42. The van der Waals surface area contributed by atoms with E-state index in [0.29, 0.717) is 12.4 Å². The highest BCUT2D eigenvalue weighted by Gasteiger charge is 1.99. The Labute approximate surface area is 78.2 Å². The fourth-order valence-electron chi connectivity index (χ4n) is 0.709. The lowest BCUT2D eigenvalue weighted by atomic mass is 10.5. The summed E-state index contributed by atoms with van der Waals surface area (Å²) in [4.78, 5) is 10.8. The van der Waals surface area contributed by atoms with Gasteiger partial charge >= 0.3 is 5.97 Å². The Balaban J connectivity index is 3.03. The van der Waals surface area contributed by atoms with Crippen LogP contribution >= 0.6 is 11.8 Å². The van der Waals surface area contributed by atoms with Crippen LogP contribution in [0, 0.1) is 0 Å². The van der Waals surface area contributed by atoms with Crippen LogP contribution in [0.5, 0.6) is 0 Å². The van der Waals surface area contributed by atoms with Crippen LogP contribution in [0.4, 0.5) is 0 Å². The Hall–Kier alpha value is -0.220. The first-order valence-corrected chi connectivity index (χ1v) is 5.34. The summed E-state index contributed by atoms with van der Waals surface area (Å²) in [6.07, 6.45) is 1.10. The highest BCUT2D eigenvalue weighted by Crippen LogP contribution is 2.02. The standard InChI is InChI=1S/C8H17NO2S/c1-3-11-8(10)7-12-6-4-5-9-2/h9H,3-7H2,1-2H3. The number of nitrogens with one attached hydrogen (secondary N) is 1. The summed E-state index contributed by atoms with van der Waals surface area (Å²) in [5, 5.41) is 3.05. The van der Waals surface area contributed by atoms with Gasteiger partial charge in [-0.3, -0.25) is 4.79 Å². The Morgan fingerprint density at radius 2 is 2.33 bits per heavy atom. The van der Waals surface area contributed by atoms with Crippen molar-refractivity contribution in [1.29, 1.82) is 0 Å². The summed E-state index contributed by atoms with van der Waals surface area (Å²) >= 11 is 1.63. The fraction of sp³-hybridized carbons (Fsp3) is 0.875. The average molecular weight is 191 g/mol. The van der Waals surface area contributed by atoms with Crippen LogP contribution in [0.3, 0.4) is 0 Å². The summed E-state index contributed by atoms with van der Waals surface area (Å²) < 4.78 is 4.77. The van der Waals surface area contributed by atoms with Crippen LogP contribution in [-0.2, 0) is 9.53 Å². The highest BCUT2D eigenvalue weighted by molar-refractivity contribution is 7.99. The van der Waals surface area contributed by atoms with Crippen molar-refractivity contribution in [2.24, 2.45) is 0 Å². The Morgan fingerprint density at radius 1 is 1.58 bits per heavy atom. The zero-order chi connectivity index (χ0) is 9.23. The number of rotatable bonds is 7. The molecule has 0 unspecified atom stereocenters. The zero-order valence-electron chi connectivity index (χ0n) is 7.76. The molecule has 3 nitrogen and oxygen atoms in total. The molecule has 0 radical (unpaired) electrons. The van der Waals surface area contributed by atoms with Gasteiger partial charge in [-0.2, -0.15) is 11.8 Å². The third-order valence-electron chi connectivity index (χ3n) is 1.24. The minimum atomic E-state index is -0.105. The van der Waals surface area contributed by atoms with E-state index >= 15 is 0 Å². The third kappa shape index (κ3) is 7.88. The van der Waals surface area contributed by atoms with Crippen molar-refractivity contribution in [3.05, 3.63) is 0 Å². The molecule has 72 valence electrons. The minimum Gasteiger partial charge on any atom is -0.465 e. The molecule has 0 aliphatic carbocycles. The van der Waals surface area contributed by atoms with Crippen LogP contribution in [0.15, 0.2) is 0 Å². The lowest BCUT2D eigenvalue weighted by molar-refractivity contribution is -0.139. The predicted molar refractivity (Wildman–Crippen MR) is 52.5 cm³/mol. The first kappa shape index (κ1) is 11.8. The van der Waals surface area contributed by atoms with Crippen molar-refractivity contribution in [2.45, 2.75) is 13.3 Å². The lowest BCUT2D eigenvalue weighted by Gasteiger charge is -2.01. The molecule has 0 aromatic carbocycles. The number of carbonyl (C=O) groups excluding carboxylic acids is 1. The molecule has 0 rings (SSSR count). The minimum absolute atomic E-state index is 0.105. The van der Waals surface area contributed by atoms with E-state index in [1.807, 2.05) is 14.0 Å². The number of thioether (sulfide) groups is 1. The molecule has 0 spiro atoms. The van der Waals surface area contributed by atoms with Gasteiger partial charge in [0, 0.05) is 0 Å². The molecule has 0 fully saturated rings. The predicted octanol–water partition coefficient (Wildman–Crippen LogP) is 0.892. The molecule has 0 aliphatic rings. The molecule has 0 aromatic heterocycles. The van der Waals surface area contributed by atoms with Gasteiger partial charge in [-0.05, 0) is 32.7 Å². The van der Waals surface area contributed by atoms with E-state index in [9.17, 15) is 4.79 Å². The maximum Gasteiger partial charge on any atom is 0.315 e. The van der Waals surface area contributed by atoms with Gasteiger partial charge < -0.3 is 10.1 Å². The summed E-state index contributed by atoms with van der Waals surface area (Å²) in [6, 6.07) is 0. The van der Waals surface area contributed by atoms with E-state index in [1.165, 1.54) is 0 Å². The zero-order valence-corrected chi connectivity index (χ0v) is 8.58. The molecule has 12 heavy (non-hydrogen) atoms. The number of hydrogen-bond acceptors (Lipinski definition) is 4. The van der Waals surface area contributed by atoms with Crippen molar-refractivity contribution < 1.29 is 9.53 Å². The molecule has 0 saturated heterocycles. The Bertz CT molecular complexity index is 120. The van der Waals surface area contributed by atoms with Gasteiger partial charge in [0.05, 0.1) is 12.4 Å². The number of esters is 1. The average Bonchev–Trinajstić information content (AvgIpc) is 2.05. The molecule has 0 atom stereocenters. The van der Waals surface area contributed by atoms with Gasteiger partial charge in [0.2, 0.25) is 0 Å². The van der Waals surface area contributed by atoms with Gasteiger partial charge in [-0.25, -0.2) is 0 Å². The van der Waals surface area contributed by atoms with E-state index in [0.717, 1.165) is 18.7 Å². The fourth-order valence-corrected chi connectivity index (χ4v) is 1.45. The van der Waals surface area contributed by atoms with E-state index in [-0.39, 0.29) is 5.97 Å². The molecule has 0 saturated carbocycles. The molecule has 0 aliphatic heterocycles. The third-order valence-corrected chi connectivity index (χ3v) is 2.26.